The van der Waals surface area contributed by atoms with Crippen molar-refractivity contribution in [3.63, 3.8) is 0 Å². The minimum absolute atomic E-state index is 0.00179. The minimum atomic E-state index is -0.184. The lowest BCUT2D eigenvalue weighted by Gasteiger charge is -2.37. The number of benzene rings is 2. The first-order valence-electron chi connectivity index (χ1n) is 12.5. The lowest BCUT2D eigenvalue weighted by molar-refractivity contribution is -0.120. The van der Waals surface area contributed by atoms with Crippen LogP contribution in [-0.4, -0.2) is 53.9 Å². The van der Waals surface area contributed by atoms with Crippen LogP contribution in [0.5, 0.6) is 0 Å². The largest absolute Gasteiger partial charge is 0.361 e. The van der Waals surface area contributed by atoms with Crippen molar-refractivity contribution in [3.8, 4) is 0 Å². The lowest BCUT2D eigenvalue weighted by Crippen LogP contribution is -2.45. The molecule has 180 valence electrons. The van der Waals surface area contributed by atoms with Crippen LogP contribution in [0, 0.1) is 5.92 Å². The number of piperidine rings is 1. The van der Waals surface area contributed by atoms with Gasteiger partial charge in [0, 0.05) is 35.6 Å². The molecule has 0 unspecified atom stereocenters. The lowest BCUT2D eigenvalue weighted by atomic mass is 9.94. The maximum absolute atomic E-state index is 13.4. The number of fused-ring (bicyclic) bond motifs is 1. The Labute approximate surface area is 202 Å². The van der Waals surface area contributed by atoms with Gasteiger partial charge in [-0.25, -0.2) is 0 Å². The maximum Gasteiger partial charge on any atom is 0.258 e. The first-order valence-corrected chi connectivity index (χ1v) is 12.5. The first-order chi connectivity index (χ1) is 16.6. The Kier molecular flexibility index (Phi) is 8.01. The summed E-state index contributed by atoms with van der Waals surface area (Å²) in [4.78, 5) is 33.7. The van der Waals surface area contributed by atoms with E-state index in [1.807, 2.05) is 60.8 Å². The number of amides is 2. The van der Waals surface area contributed by atoms with Gasteiger partial charge in [0.05, 0.1) is 0 Å². The molecular weight excluding hydrogens is 424 g/mol. The highest BCUT2D eigenvalue weighted by atomic mass is 16.2. The van der Waals surface area contributed by atoms with Crippen LogP contribution in [0.25, 0.3) is 10.9 Å². The predicted octanol–water partition coefficient (Wildman–Crippen LogP) is 4.83. The zero-order valence-electron chi connectivity index (χ0n) is 20.3. The minimum Gasteiger partial charge on any atom is -0.361 e. The van der Waals surface area contributed by atoms with Crippen LogP contribution in [0.15, 0.2) is 60.8 Å². The van der Waals surface area contributed by atoms with Crippen LogP contribution in [0.1, 0.15) is 49.9 Å². The molecule has 6 heteroatoms. The van der Waals surface area contributed by atoms with Crippen molar-refractivity contribution in [3.05, 3.63) is 66.4 Å². The molecule has 34 heavy (non-hydrogen) atoms. The third kappa shape index (κ3) is 5.68. The van der Waals surface area contributed by atoms with Crippen molar-refractivity contribution in [2.24, 2.45) is 5.92 Å². The molecule has 0 spiro atoms. The molecule has 2 aromatic carbocycles. The van der Waals surface area contributed by atoms with E-state index in [4.69, 9.17) is 0 Å². The number of nitrogens with zero attached hydrogens (tertiary/aromatic N) is 2. The number of H-pyrrole nitrogens is 1. The molecule has 0 bridgehead atoms. The van der Waals surface area contributed by atoms with Crippen LogP contribution in [0.4, 0.5) is 5.69 Å². The van der Waals surface area contributed by atoms with Crippen molar-refractivity contribution in [2.45, 2.75) is 45.6 Å². The van der Waals surface area contributed by atoms with E-state index < -0.39 is 0 Å². The Balaban J connectivity index is 1.38. The highest BCUT2D eigenvalue weighted by Gasteiger charge is 2.25. The molecule has 4 rings (SSSR count). The number of aromatic amines is 1. The predicted molar refractivity (Wildman–Crippen MR) is 138 cm³/mol. The van der Waals surface area contributed by atoms with Crippen LogP contribution < -0.4 is 10.2 Å². The van der Waals surface area contributed by atoms with Crippen molar-refractivity contribution in [1.29, 1.82) is 0 Å². The summed E-state index contributed by atoms with van der Waals surface area (Å²) in [7, 11) is 0. The summed E-state index contributed by atoms with van der Waals surface area (Å²) >= 11 is 0. The fraction of sp³-hybridized carbons (Fsp3) is 0.429. The number of carbonyl (C=O) groups is 2. The Morgan fingerprint density at radius 3 is 2.50 bits per heavy atom. The Morgan fingerprint density at radius 1 is 1.06 bits per heavy atom. The molecule has 1 aliphatic rings. The molecular formula is C28H36N4O2. The van der Waals surface area contributed by atoms with E-state index in [0.29, 0.717) is 29.8 Å². The van der Waals surface area contributed by atoms with Gasteiger partial charge in [-0.2, -0.15) is 0 Å². The molecule has 1 saturated heterocycles. The summed E-state index contributed by atoms with van der Waals surface area (Å²) in [6.07, 6.45) is 6.45. The van der Waals surface area contributed by atoms with Crippen molar-refractivity contribution >= 4 is 28.4 Å². The highest BCUT2D eigenvalue weighted by molar-refractivity contribution is 6.10. The number of hydrogen-bond donors (Lipinski definition) is 2. The van der Waals surface area contributed by atoms with Crippen LogP contribution in [0.3, 0.4) is 0 Å². The third-order valence-electron chi connectivity index (χ3n) is 7.11. The molecule has 0 radical (unpaired) electrons. The van der Waals surface area contributed by atoms with Gasteiger partial charge in [0.2, 0.25) is 5.91 Å². The average Bonchev–Trinajstić information content (AvgIpc) is 3.36. The Bertz CT molecular complexity index is 1080. The summed E-state index contributed by atoms with van der Waals surface area (Å²) in [5.74, 6) is 0.183. The third-order valence-corrected chi connectivity index (χ3v) is 7.11. The monoisotopic (exact) mass is 460 g/mol. The Hall–Kier alpha value is -3.12. The summed E-state index contributed by atoms with van der Waals surface area (Å²) in [5.41, 5.74) is 2.18. The van der Waals surface area contributed by atoms with E-state index in [2.05, 4.69) is 29.0 Å². The quantitative estimate of drug-likeness (QED) is 0.481. The standard InChI is InChI=1S/C28H36N4O2/c1-3-24(4-2)31-16-13-21(14-17-31)19-30-27(33)20-32(25-8-6-5-7-9-25)28(34)23-11-10-22-12-15-29-26(22)18-23/h5-12,15,18,21,24,29H,3-4,13-14,16-17,19-20H2,1-2H3,(H,30,33). The molecule has 0 saturated carbocycles. The van der Waals surface area contributed by atoms with Crippen LogP contribution in [0.2, 0.25) is 0 Å². The van der Waals surface area contributed by atoms with Crippen molar-refractivity contribution in [1.82, 2.24) is 15.2 Å². The highest BCUT2D eigenvalue weighted by Crippen LogP contribution is 2.22. The molecule has 6 nitrogen and oxygen atoms in total. The number of hydrogen-bond acceptors (Lipinski definition) is 3. The fourth-order valence-corrected chi connectivity index (χ4v) is 5.01. The number of nitrogens with one attached hydrogen (secondary N) is 2. The SMILES string of the molecule is CCC(CC)N1CCC(CNC(=O)CN(C(=O)c2ccc3cc[nH]c3c2)c2ccccc2)CC1. The molecule has 1 fully saturated rings. The maximum atomic E-state index is 13.4. The second-order valence-electron chi connectivity index (χ2n) is 9.26. The number of carbonyl (C=O) groups excluding carboxylic acids is 2. The van der Waals surface area contributed by atoms with Gasteiger partial charge in [0.15, 0.2) is 0 Å². The number of aromatic nitrogens is 1. The van der Waals surface area contributed by atoms with E-state index >= 15 is 0 Å². The second-order valence-corrected chi connectivity index (χ2v) is 9.26. The van der Waals surface area contributed by atoms with Gasteiger partial charge in [0.1, 0.15) is 6.54 Å². The molecule has 2 N–H and O–H groups in total. The van der Waals surface area contributed by atoms with E-state index in [-0.39, 0.29) is 18.4 Å². The smallest absolute Gasteiger partial charge is 0.258 e. The van der Waals surface area contributed by atoms with Crippen LogP contribution in [-0.2, 0) is 4.79 Å². The summed E-state index contributed by atoms with van der Waals surface area (Å²) in [6.45, 7) is 7.39. The van der Waals surface area contributed by atoms with Gasteiger partial charge in [0.25, 0.3) is 5.91 Å². The van der Waals surface area contributed by atoms with Gasteiger partial charge in [-0.1, -0.05) is 38.1 Å². The number of para-hydroxylation sites is 1. The fourth-order valence-electron chi connectivity index (χ4n) is 5.01. The van der Waals surface area contributed by atoms with Gasteiger partial charge >= 0.3 is 0 Å². The topological polar surface area (TPSA) is 68.4 Å². The van der Waals surface area contributed by atoms with Crippen molar-refractivity contribution in [2.75, 3.05) is 31.1 Å². The number of anilines is 1. The zero-order valence-corrected chi connectivity index (χ0v) is 20.3. The van der Waals surface area contributed by atoms with Crippen molar-refractivity contribution < 1.29 is 9.59 Å². The molecule has 0 atom stereocenters. The van der Waals surface area contributed by atoms with Gasteiger partial charge in [-0.05, 0) is 80.4 Å². The van der Waals surface area contributed by atoms with Gasteiger partial charge in [-0.3, -0.25) is 14.5 Å². The van der Waals surface area contributed by atoms with E-state index in [1.54, 1.807) is 4.90 Å². The van der Waals surface area contributed by atoms with E-state index in [1.165, 1.54) is 12.8 Å². The molecule has 1 aromatic heterocycles. The number of rotatable bonds is 9. The normalized spacial score (nSPS) is 15.0. The molecule has 3 aromatic rings. The van der Waals surface area contributed by atoms with E-state index in [9.17, 15) is 9.59 Å². The second kappa shape index (κ2) is 11.3. The van der Waals surface area contributed by atoms with Crippen LogP contribution >= 0.6 is 0 Å². The zero-order chi connectivity index (χ0) is 23.9. The summed E-state index contributed by atoms with van der Waals surface area (Å²) in [5, 5.41) is 4.15. The molecule has 0 aliphatic carbocycles. The molecule has 2 heterocycles. The Morgan fingerprint density at radius 2 is 1.79 bits per heavy atom. The average molecular weight is 461 g/mol. The summed E-state index contributed by atoms with van der Waals surface area (Å²) < 4.78 is 0. The summed E-state index contributed by atoms with van der Waals surface area (Å²) in [6, 6.07) is 17.6. The number of likely N-dealkylation sites (tertiary alicyclic amines) is 1. The molecule has 1 aliphatic heterocycles. The molecule has 2 amide bonds. The van der Waals surface area contributed by atoms with E-state index in [0.717, 1.165) is 36.8 Å². The first kappa shape index (κ1) is 24.0. The van der Waals surface area contributed by atoms with Gasteiger partial charge in [-0.15, -0.1) is 0 Å². The van der Waals surface area contributed by atoms with Gasteiger partial charge < -0.3 is 15.2 Å².